The maximum atomic E-state index is 10.7. The molecule has 0 aliphatic carbocycles. The minimum atomic E-state index is -5.84. The highest BCUT2D eigenvalue weighted by Crippen LogP contribution is 2.20. The maximum absolute atomic E-state index is 10.7. The zero-order valence-electron chi connectivity index (χ0n) is 10.7. The van der Waals surface area contributed by atoms with Gasteiger partial charge in [0, 0.05) is 27.4 Å². The third-order valence-electron chi connectivity index (χ3n) is 1.91. The van der Waals surface area contributed by atoms with E-state index in [1.165, 1.54) is 0 Å². The van der Waals surface area contributed by atoms with Gasteiger partial charge >= 0.3 is 24.4 Å². The van der Waals surface area contributed by atoms with Crippen molar-refractivity contribution < 1.29 is 39.4 Å². The molecule has 0 radical (unpaired) electrons. The highest BCUT2D eigenvalue weighted by Gasteiger charge is 2.44. The molecule has 0 aliphatic rings. The van der Waals surface area contributed by atoms with Gasteiger partial charge in [-0.3, -0.25) is 4.55 Å². The summed E-state index contributed by atoms with van der Waals surface area (Å²) >= 11 is 0. The monoisotopic (exact) mass is 329 g/mol. The fourth-order valence-electron chi connectivity index (χ4n) is 0.875. The van der Waals surface area contributed by atoms with Crippen LogP contribution in [0, 0.1) is 0 Å². The zero-order chi connectivity index (χ0) is 15.7. The van der Waals surface area contributed by atoms with E-state index in [1.54, 1.807) is 21.3 Å². The average molecular weight is 329 g/mol. The number of hydrogen-bond acceptors (Lipinski definition) is 6. The summed E-state index contributed by atoms with van der Waals surface area (Å²) in [7, 11) is -3.34. The molecule has 0 saturated carbocycles. The van der Waals surface area contributed by atoms with E-state index in [-0.39, 0.29) is 0 Å². The first kappa shape index (κ1) is 21.1. The van der Waals surface area contributed by atoms with Crippen LogP contribution >= 0.6 is 0 Å². The fraction of sp³-hybridized carbons (Fsp3) is 1.00. The van der Waals surface area contributed by atoms with E-state index in [4.69, 9.17) is 32.0 Å². The first-order valence-corrected chi connectivity index (χ1v) is 8.26. The molecule has 0 rings (SSSR count). The second-order valence-electron chi connectivity index (χ2n) is 3.11. The number of rotatable bonds is 6. The van der Waals surface area contributed by atoms with Crippen molar-refractivity contribution in [3.63, 3.8) is 0 Å². The molecule has 19 heavy (non-hydrogen) atoms. The largest absolute Gasteiger partial charge is 0.522 e. The van der Waals surface area contributed by atoms with Crippen molar-refractivity contribution in [1.82, 2.24) is 0 Å². The highest BCUT2D eigenvalue weighted by atomic mass is 32.2. The third-order valence-corrected chi connectivity index (χ3v) is 5.33. The molecular formula is C7H18F3NO6SSi. The molecule has 0 saturated heterocycles. The molecule has 0 bridgehead atoms. The van der Waals surface area contributed by atoms with Gasteiger partial charge in [0.25, 0.3) is 0 Å². The lowest BCUT2D eigenvalue weighted by Crippen LogP contribution is -2.42. The van der Waals surface area contributed by atoms with E-state index in [0.29, 0.717) is 6.54 Å². The van der Waals surface area contributed by atoms with Gasteiger partial charge in [-0.2, -0.15) is 21.6 Å². The quantitative estimate of drug-likeness (QED) is 0.417. The van der Waals surface area contributed by atoms with Crippen molar-refractivity contribution in [2.75, 3.05) is 27.9 Å². The van der Waals surface area contributed by atoms with Crippen LogP contribution in [0.1, 0.15) is 6.42 Å². The van der Waals surface area contributed by atoms with Crippen LogP contribution in [0.25, 0.3) is 0 Å². The summed E-state index contributed by atoms with van der Waals surface area (Å²) in [6, 6.07) is 0.785. The van der Waals surface area contributed by atoms with Crippen molar-refractivity contribution in [3.8, 4) is 0 Å². The summed E-state index contributed by atoms with van der Waals surface area (Å²) in [4.78, 5) is 0. The number of nitrogens with two attached hydrogens (primary N) is 1. The Kier molecular flexibility index (Phi) is 9.79. The molecule has 0 aromatic heterocycles. The van der Waals surface area contributed by atoms with Crippen molar-refractivity contribution in [2.24, 2.45) is 5.73 Å². The van der Waals surface area contributed by atoms with Gasteiger partial charge in [-0.05, 0) is 13.0 Å². The minimum absolute atomic E-state index is 0.644. The molecule has 0 aromatic rings. The Labute approximate surface area is 110 Å². The van der Waals surface area contributed by atoms with Crippen molar-refractivity contribution in [3.05, 3.63) is 0 Å². The predicted molar refractivity (Wildman–Crippen MR) is 62.9 cm³/mol. The van der Waals surface area contributed by atoms with E-state index in [1.807, 2.05) is 0 Å². The molecule has 0 amide bonds. The second kappa shape index (κ2) is 8.83. The number of hydrogen-bond donors (Lipinski definition) is 2. The lowest BCUT2D eigenvalue weighted by atomic mass is 10.5. The molecule has 0 unspecified atom stereocenters. The average Bonchev–Trinajstić information content (AvgIpc) is 2.30. The molecule has 3 N–H and O–H groups in total. The lowest BCUT2D eigenvalue weighted by molar-refractivity contribution is -0.0510. The van der Waals surface area contributed by atoms with Crippen LogP contribution in [0.15, 0.2) is 0 Å². The van der Waals surface area contributed by atoms with E-state index in [9.17, 15) is 13.2 Å². The summed E-state index contributed by atoms with van der Waals surface area (Å²) < 4.78 is 73.1. The van der Waals surface area contributed by atoms with E-state index in [2.05, 4.69) is 0 Å². The van der Waals surface area contributed by atoms with Gasteiger partial charge in [-0.15, -0.1) is 0 Å². The van der Waals surface area contributed by atoms with Gasteiger partial charge in [0.2, 0.25) is 0 Å². The van der Waals surface area contributed by atoms with Crippen LogP contribution in [0.3, 0.4) is 0 Å². The molecule has 0 aromatic carbocycles. The molecule has 0 spiro atoms. The number of alkyl halides is 3. The highest BCUT2D eigenvalue weighted by molar-refractivity contribution is 7.86. The summed E-state index contributed by atoms with van der Waals surface area (Å²) in [5.74, 6) is 0. The Balaban J connectivity index is 0. The normalized spacial score (nSPS) is 12.8. The van der Waals surface area contributed by atoms with Crippen molar-refractivity contribution in [1.29, 1.82) is 0 Å². The molecule has 12 heteroatoms. The Bertz CT molecular complexity index is 324. The molecule has 7 nitrogen and oxygen atoms in total. The van der Waals surface area contributed by atoms with Crippen LogP contribution in [-0.2, 0) is 23.4 Å². The molecular weight excluding hydrogens is 311 g/mol. The van der Waals surface area contributed by atoms with E-state index < -0.39 is 24.4 Å². The Morgan fingerprint density at radius 3 is 1.63 bits per heavy atom. The van der Waals surface area contributed by atoms with Crippen LogP contribution in [-0.4, -0.2) is 55.2 Å². The smallest absolute Gasteiger partial charge is 0.377 e. The Morgan fingerprint density at radius 2 is 1.47 bits per heavy atom. The SMILES string of the molecule is CO[Si](CCCN)(OC)OC.O=S(=O)(O)C(F)(F)F. The topological polar surface area (TPSA) is 108 Å². The minimum Gasteiger partial charge on any atom is -0.377 e. The molecule has 118 valence electrons. The second-order valence-corrected chi connectivity index (χ2v) is 7.61. The molecule has 0 atom stereocenters. The summed E-state index contributed by atoms with van der Waals surface area (Å²) in [5.41, 5.74) is -0.179. The Morgan fingerprint density at radius 1 is 1.16 bits per heavy atom. The maximum Gasteiger partial charge on any atom is 0.522 e. The summed E-state index contributed by atoms with van der Waals surface area (Å²) in [6.07, 6.45) is 0.877. The molecule has 0 fully saturated rings. The van der Waals surface area contributed by atoms with Gasteiger partial charge in [0.1, 0.15) is 0 Å². The van der Waals surface area contributed by atoms with Crippen molar-refractivity contribution in [2.45, 2.75) is 18.0 Å². The van der Waals surface area contributed by atoms with Gasteiger partial charge in [-0.25, -0.2) is 0 Å². The van der Waals surface area contributed by atoms with Crippen LogP contribution in [0.4, 0.5) is 13.2 Å². The van der Waals surface area contributed by atoms with Gasteiger partial charge in [0.15, 0.2) is 0 Å². The summed E-state index contributed by atoms with van der Waals surface area (Å²) in [5, 5.41) is 0. The first-order valence-electron chi connectivity index (χ1n) is 4.89. The predicted octanol–water partition coefficient (Wildman–Crippen LogP) is 0.607. The van der Waals surface area contributed by atoms with Crippen LogP contribution in [0.2, 0.25) is 6.04 Å². The summed E-state index contributed by atoms with van der Waals surface area (Å²) in [6.45, 7) is 0.644. The van der Waals surface area contributed by atoms with E-state index >= 15 is 0 Å². The third kappa shape index (κ3) is 8.51. The standard InChI is InChI=1S/C6H17NO3Si.CHF3O3S/c1-8-11(9-2,10-3)6-4-5-7;2-1(3,4)8(5,6)7/h4-7H2,1-3H3;(H,5,6,7). The van der Waals surface area contributed by atoms with E-state index in [0.717, 1.165) is 12.5 Å². The number of halogens is 3. The Hall–Kier alpha value is -0.243. The lowest BCUT2D eigenvalue weighted by Gasteiger charge is -2.23. The zero-order valence-corrected chi connectivity index (χ0v) is 12.5. The van der Waals surface area contributed by atoms with Gasteiger partial charge in [-0.1, -0.05) is 0 Å². The van der Waals surface area contributed by atoms with Crippen LogP contribution < -0.4 is 5.73 Å². The van der Waals surface area contributed by atoms with Crippen molar-refractivity contribution >= 4 is 18.9 Å². The molecule has 0 aliphatic heterocycles. The van der Waals surface area contributed by atoms with Gasteiger partial charge in [0.05, 0.1) is 0 Å². The fourth-order valence-corrected chi connectivity index (χ4v) is 2.62. The molecule has 0 heterocycles. The van der Waals surface area contributed by atoms with Crippen LogP contribution in [0.5, 0.6) is 0 Å². The van der Waals surface area contributed by atoms with Gasteiger partial charge < -0.3 is 19.0 Å². The first-order chi connectivity index (χ1) is 8.49.